The van der Waals surface area contributed by atoms with E-state index in [1.165, 1.54) is 0 Å². The second kappa shape index (κ2) is 9.85. The lowest BCUT2D eigenvalue weighted by atomic mass is 10.1. The molecule has 1 aromatic carbocycles. The van der Waals surface area contributed by atoms with Crippen molar-refractivity contribution >= 4 is 5.91 Å². The van der Waals surface area contributed by atoms with Crippen LogP contribution in [0.15, 0.2) is 28.8 Å². The van der Waals surface area contributed by atoms with Crippen LogP contribution in [0.25, 0.3) is 0 Å². The largest absolute Gasteiger partial charge is 0.490 e. The Morgan fingerprint density at radius 1 is 1.12 bits per heavy atom. The van der Waals surface area contributed by atoms with E-state index in [4.69, 9.17) is 14.0 Å². The summed E-state index contributed by atoms with van der Waals surface area (Å²) in [6, 6.07) is 7.48. The molecule has 0 aliphatic heterocycles. The van der Waals surface area contributed by atoms with Gasteiger partial charge in [-0.1, -0.05) is 25.1 Å². The van der Waals surface area contributed by atoms with E-state index < -0.39 is 0 Å². The number of carbonyl (C=O) groups is 1. The molecule has 0 fully saturated rings. The highest BCUT2D eigenvalue weighted by Gasteiger charge is 2.20. The second-order valence-electron chi connectivity index (χ2n) is 6.12. The van der Waals surface area contributed by atoms with E-state index in [9.17, 15) is 4.79 Å². The third kappa shape index (κ3) is 5.25. The molecule has 2 rings (SSSR count). The summed E-state index contributed by atoms with van der Waals surface area (Å²) >= 11 is 0. The van der Waals surface area contributed by atoms with Gasteiger partial charge >= 0.3 is 0 Å². The summed E-state index contributed by atoms with van der Waals surface area (Å²) in [5, 5.41) is 3.81. The van der Waals surface area contributed by atoms with E-state index >= 15 is 0 Å². The minimum absolute atomic E-state index is 0.156. The number of benzene rings is 1. The van der Waals surface area contributed by atoms with Gasteiger partial charge in [-0.25, -0.2) is 0 Å². The highest BCUT2D eigenvalue weighted by molar-refractivity contribution is 5.91. The summed E-state index contributed by atoms with van der Waals surface area (Å²) in [7, 11) is 0. The van der Waals surface area contributed by atoms with Crippen LogP contribution < -0.4 is 9.47 Å². The van der Waals surface area contributed by atoms with Gasteiger partial charge < -0.3 is 18.9 Å². The first-order chi connectivity index (χ1) is 12.6. The SMILES string of the molecule is CCCOc1ccc(CN(CCC)C(=O)c2cc(C)no2)cc1OCC. The maximum absolute atomic E-state index is 12.7. The number of hydrogen-bond acceptors (Lipinski definition) is 5. The van der Waals surface area contributed by atoms with Crippen molar-refractivity contribution in [2.24, 2.45) is 0 Å². The molecule has 0 bridgehead atoms. The lowest BCUT2D eigenvalue weighted by Gasteiger charge is -2.21. The van der Waals surface area contributed by atoms with Crippen LogP contribution >= 0.6 is 0 Å². The Bertz CT molecular complexity index is 712. The van der Waals surface area contributed by atoms with Crippen molar-refractivity contribution in [3.8, 4) is 11.5 Å². The van der Waals surface area contributed by atoms with E-state index in [0.717, 1.165) is 24.2 Å². The molecular weight excluding hydrogens is 332 g/mol. The molecule has 0 saturated heterocycles. The number of aryl methyl sites for hydroxylation is 1. The Morgan fingerprint density at radius 3 is 2.54 bits per heavy atom. The van der Waals surface area contributed by atoms with E-state index in [-0.39, 0.29) is 11.7 Å². The first-order valence-electron chi connectivity index (χ1n) is 9.20. The molecule has 1 amide bonds. The summed E-state index contributed by atoms with van der Waals surface area (Å²) in [6.45, 7) is 10.2. The second-order valence-corrected chi connectivity index (χ2v) is 6.12. The number of amides is 1. The zero-order valence-corrected chi connectivity index (χ0v) is 16.1. The molecule has 0 aliphatic carbocycles. The Balaban J connectivity index is 2.19. The van der Waals surface area contributed by atoms with E-state index in [1.54, 1.807) is 17.9 Å². The molecule has 0 atom stereocenters. The van der Waals surface area contributed by atoms with Crippen molar-refractivity contribution in [3.05, 3.63) is 41.3 Å². The molecule has 142 valence electrons. The van der Waals surface area contributed by atoms with Crippen LogP contribution in [0.5, 0.6) is 11.5 Å². The minimum Gasteiger partial charge on any atom is -0.490 e. The smallest absolute Gasteiger partial charge is 0.292 e. The number of ether oxygens (including phenoxy) is 2. The average molecular weight is 360 g/mol. The third-order valence-electron chi connectivity index (χ3n) is 3.76. The quantitative estimate of drug-likeness (QED) is 0.634. The number of aromatic nitrogens is 1. The molecule has 0 unspecified atom stereocenters. The summed E-state index contributed by atoms with van der Waals surface area (Å²) in [6.07, 6.45) is 1.79. The molecule has 0 aliphatic rings. The molecular formula is C20H28N2O4. The van der Waals surface area contributed by atoms with Crippen LogP contribution in [-0.4, -0.2) is 35.7 Å². The standard InChI is InChI=1S/C20H28N2O4/c1-5-10-22(20(23)19-12-15(4)21-26-19)14-16-8-9-17(25-11-6-2)18(13-16)24-7-3/h8-9,12-13H,5-7,10-11,14H2,1-4H3. The van der Waals surface area contributed by atoms with Crippen molar-refractivity contribution in [1.82, 2.24) is 10.1 Å². The van der Waals surface area contributed by atoms with Crippen molar-refractivity contribution in [2.75, 3.05) is 19.8 Å². The fourth-order valence-electron chi connectivity index (χ4n) is 2.61. The number of nitrogens with zero attached hydrogens (tertiary/aromatic N) is 2. The van der Waals surface area contributed by atoms with E-state index in [0.29, 0.717) is 37.7 Å². The van der Waals surface area contributed by atoms with Crippen molar-refractivity contribution in [1.29, 1.82) is 0 Å². The molecule has 1 heterocycles. The first-order valence-corrected chi connectivity index (χ1v) is 9.20. The summed E-state index contributed by atoms with van der Waals surface area (Å²) in [4.78, 5) is 14.5. The Morgan fingerprint density at radius 2 is 1.92 bits per heavy atom. The highest BCUT2D eigenvalue weighted by Crippen LogP contribution is 2.29. The van der Waals surface area contributed by atoms with Gasteiger partial charge in [0.2, 0.25) is 5.76 Å². The van der Waals surface area contributed by atoms with Gasteiger partial charge in [-0.05, 0) is 44.4 Å². The van der Waals surface area contributed by atoms with Crippen molar-refractivity contribution in [2.45, 2.75) is 47.1 Å². The van der Waals surface area contributed by atoms with Crippen LogP contribution in [0, 0.1) is 6.92 Å². The van der Waals surface area contributed by atoms with Gasteiger partial charge in [-0.2, -0.15) is 0 Å². The summed E-state index contributed by atoms with van der Waals surface area (Å²) < 4.78 is 16.6. The van der Waals surface area contributed by atoms with Crippen LogP contribution in [0.3, 0.4) is 0 Å². The molecule has 0 radical (unpaired) electrons. The van der Waals surface area contributed by atoms with Gasteiger partial charge in [0, 0.05) is 19.2 Å². The highest BCUT2D eigenvalue weighted by atomic mass is 16.5. The first kappa shape index (κ1) is 19.8. The number of rotatable bonds is 10. The van der Waals surface area contributed by atoms with Gasteiger partial charge in [0.1, 0.15) is 0 Å². The predicted molar refractivity (Wildman–Crippen MR) is 99.7 cm³/mol. The zero-order valence-electron chi connectivity index (χ0n) is 16.1. The predicted octanol–water partition coefficient (Wildman–Crippen LogP) is 4.22. The van der Waals surface area contributed by atoms with Crippen molar-refractivity contribution in [3.63, 3.8) is 0 Å². The molecule has 0 saturated carbocycles. The molecule has 0 spiro atoms. The molecule has 6 heteroatoms. The van der Waals surface area contributed by atoms with Crippen LogP contribution in [0.1, 0.15) is 55.4 Å². The molecule has 6 nitrogen and oxygen atoms in total. The van der Waals surface area contributed by atoms with Gasteiger partial charge in [0.25, 0.3) is 5.91 Å². The maximum Gasteiger partial charge on any atom is 0.292 e. The topological polar surface area (TPSA) is 64.8 Å². The van der Waals surface area contributed by atoms with Gasteiger partial charge in [-0.15, -0.1) is 0 Å². The van der Waals surface area contributed by atoms with Gasteiger partial charge in [0.15, 0.2) is 11.5 Å². The van der Waals surface area contributed by atoms with E-state index in [2.05, 4.69) is 12.1 Å². The zero-order chi connectivity index (χ0) is 18.9. The monoisotopic (exact) mass is 360 g/mol. The molecule has 1 aromatic heterocycles. The Labute approximate surface area is 155 Å². The van der Waals surface area contributed by atoms with Gasteiger partial charge in [0.05, 0.1) is 18.9 Å². The van der Waals surface area contributed by atoms with Crippen LogP contribution in [0.4, 0.5) is 0 Å². The average Bonchev–Trinajstić information content (AvgIpc) is 3.07. The minimum atomic E-state index is -0.156. The Kier molecular flexibility index (Phi) is 7.51. The number of carbonyl (C=O) groups excluding carboxylic acids is 1. The molecule has 0 N–H and O–H groups in total. The van der Waals surface area contributed by atoms with Gasteiger partial charge in [-0.3, -0.25) is 4.79 Å². The normalized spacial score (nSPS) is 10.6. The Hall–Kier alpha value is -2.50. The van der Waals surface area contributed by atoms with Crippen LogP contribution in [0.2, 0.25) is 0 Å². The molecule has 26 heavy (non-hydrogen) atoms. The molecule has 2 aromatic rings. The van der Waals surface area contributed by atoms with Crippen molar-refractivity contribution < 1.29 is 18.8 Å². The lowest BCUT2D eigenvalue weighted by molar-refractivity contribution is 0.0700. The third-order valence-corrected chi connectivity index (χ3v) is 3.76. The maximum atomic E-state index is 12.7. The fourth-order valence-corrected chi connectivity index (χ4v) is 2.61. The fraction of sp³-hybridized carbons (Fsp3) is 0.500. The van der Waals surface area contributed by atoms with Crippen LogP contribution in [-0.2, 0) is 6.54 Å². The van der Waals surface area contributed by atoms with E-state index in [1.807, 2.05) is 32.0 Å². The number of hydrogen-bond donors (Lipinski definition) is 0. The summed E-state index contributed by atoms with van der Waals surface area (Å²) in [5.41, 5.74) is 1.68. The lowest BCUT2D eigenvalue weighted by Crippen LogP contribution is -2.31. The summed E-state index contributed by atoms with van der Waals surface area (Å²) in [5.74, 6) is 1.55.